The molecule has 100 valence electrons. The van der Waals surface area contributed by atoms with Crippen LogP contribution in [0.5, 0.6) is 0 Å². The Morgan fingerprint density at radius 1 is 1.06 bits per heavy atom. The number of likely N-dealkylation sites (tertiary alicyclic amines) is 1. The molecule has 1 aliphatic carbocycles. The van der Waals surface area contributed by atoms with Gasteiger partial charge >= 0.3 is 0 Å². The minimum atomic E-state index is 0.365. The molecule has 3 heteroatoms. The average molecular weight is 240 g/mol. The molecular weight excluding hydrogens is 212 g/mol. The number of aliphatic hydroxyl groups excluding tert-OH is 1. The second-order valence-electron chi connectivity index (χ2n) is 5.93. The topological polar surface area (TPSA) is 35.5 Å². The Morgan fingerprint density at radius 3 is 2.71 bits per heavy atom. The van der Waals surface area contributed by atoms with Crippen LogP contribution in [0.3, 0.4) is 0 Å². The van der Waals surface area contributed by atoms with Gasteiger partial charge in [-0.2, -0.15) is 0 Å². The molecule has 3 atom stereocenters. The summed E-state index contributed by atoms with van der Waals surface area (Å²) >= 11 is 0. The molecule has 2 N–H and O–H groups in total. The summed E-state index contributed by atoms with van der Waals surface area (Å²) in [5.41, 5.74) is 0. The second kappa shape index (κ2) is 6.72. The Morgan fingerprint density at radius 2 is 1.88 bits per heavy atom. The molecule has 0 aromatic carbocycles. The van der Waals surface area contributed by atoms with Gasteiger partial charge in [-0.25, -0.2) is 0 Å². The summed E-state index contributed by atoms with van der Waals surface area (Å²) in [5, 5.41) is 13.3. The number of hydrogen-bond donors (Lipinski definition) is 2. The molecule has 0 amide bonds. The molecule has 1 aliphatic heterocycles. The molecule has 1 heterocycles. The van der Waals surface area contributed by atoms with Gasteiger partial charge in [0.25, 0.3) is 0 Å². The van der Waals surface area contributed by atoms with E-state index in [0.717, 1.165) is 0 Å². The first-order chi connectivity index (χ1) is 8.29. The fourth-order valence-electron chi connectivity index (χ4n) is 3.35. The van der Waals surface area contributed by atoms with Crippen molar-refractivity contribution in [2.45, 2.75) is 57.0 Å². The Hall–Kier alpha value is -0.120. The average Bonchev–Trinajstić information content (AvgIpc) is 2.55. The minimum Gasteiger partial charge on any atom is -0.396 e. The third-order valence-corrected chi connectivity index (χ3v) is 4.55. The van der Waals surface area contributed by atoms with Crippen LogP contribution in [0.15, 0.2) is 0 Å². The van der Waals surface area contributed by atoms with Crippen molar-refractivity contribution in [1.82, 2.24) is 10.2 Å². The molecule has 1 saturated heterocycles. The number of rotatable bonds is 3. The van der Waals surface area contributed by atoms with Crippen LogP contribution < -0.4 is 5.32 Å². The fraction of sp³-hybridized carbons (Fsp3) is 1.00. The highest BCUT2D eigenvalue weighted by atomic mass is 16.3. The molecule has 0 aromatic rings. The van der Waals surface area contributed by atoms with Gasteiger partial charge in [-0.05, 0) is 58.2 Å². The van der Waals surface area contributed by atoms with Gasteiger partial charge < -0.3 is 15.3 Å². The predicted octanol–water partition coefficient (Wildman–Crippen LogP) is 1.61. The van der Waals surface area contributed by atoms with Crippen molar-refractivity contribution < 1.29 is 5.11 Å². The smallest absolute Gasteiger partial charge is 0.0474 e. The number of nitrogens with one attached hydrogen (secondary N) is 1. The first kappa shape index (κ1) is 13.3. The van der Waals surface area contributed by atoms with Crippen molar-refractivity contribution in [2.24, 2.45) is 5.92 Å². The van der Waals surface area contributed by atoms with Gasteiger partial charge in [0.15, 0.2) is 0 Å². The van der Waals surface area contributed by atoms with E-state index < -0.39 is 0 Å². The van der Waals surface area contributed by atoms with E-state index in [2.05, 4.69) is 17.3 Å². The zero-order valence-corrected chi connectivity index (χ0v) is 11.2. The van der Waals surface area contributed by atoms with E-state index in [0.29, 0.717) is 24.6 Å². The molecule has 1 saturated carbocycles. The maximum atomic E-state index is 9.44. The van der Waals surface area contributed by atoms with Crippen molar-refractivity contribution in [2.75, 3.05) is 26.7 Å². The molecule has 0 aromatic heterocycles. The van der Waals surface area contributed by atoms with Crippen LogP contribution in [0.4, 0.5) is 0 Å². The lowest BCUT2D eigenvalue weighted by molar-refractivity contribution is 0.144. The summed E-state index contributed by atoms with van der Waals surface area (Å²) < 4.78 is 0. The normalized spacial score (nSPS) is 36.7. The number of nitrogens with zero attached hydrogens (tertiary/aromatic N) is 1. The van der Waals surface area contributed by atoms with Crippen LogP contribution >= 0.6 is 0 Å². The highest BCUT2D eigenvalue weighted by molar-refractivity contribution is 4.85. The van der Waals surface area contributed by atoms with Gasteiger partial charge in [0.1, 0.15) is 0 Å². The molecule has 3 unspecified atom stereocenters. The summed E-state index contributed by atoms with van der Waals surface area (Å²) in [6.45, 7) is 2.82. The first-order valence-corrected chi connectivity index (χ1v) is 7.35. The summed E-state index contributed by atoms with van der Waals surface area (Å²) in [5.74, 6) is 0.504. The number of aliphatic hydroxyl groups is 1. The Kier molecular flexibility index (Phi) is 5.26. The Balaban J connectivity index is 1.81. The monoisotopic (exact) mass is 240 g/mol. The zero-order valence-electron chi connectivity index (χ0n) is 11.2. The van der Waals surface area contributed by atoms with Crippen molar-refractivity contribution in [3.05, 3.63) is 0 Å². The van der Waals surface area contributed by atoms with Gasteiger partial charge in [-0.3, -0.25) is 0 Å². The van der Waals surface area contributed by atoms with Crippen LogP contribution in [0.2, 0.25) is 0 Å². The molecule has 2 aliphatic rings. The van der Waals surface area contributed by atoms with Gasteiger partial charge in [0.05, 0.1) is 0 Å². The molecule has 0 spiro atoms. The van der Waals surface area contributed by atoms with Crippen LogP contribution in [0.25, 0.3) is 0 Å². The molecule has 3 nitrogen and oxygen atoms in total. The molecule has 0 radical (unpaired) electrons. The predicted molar refractivity (Wildman–Crippen MR) is 71.1 cm³/mol. The van der Waals surface area contributed by atoms with Crippen LogP contribution in [-0.2, 0) is 0 Å². The molecular formula is C14H28N2O. The third kappa shape index (κ3) is 3.94. The largest absolute Gasteiger partial charge is 0.396 e. The first-order valence-electron chi connectivity index (χ1n) is 7.35. The molecule has 2 fully saturated rings. The lowest BCUT2D eigenvalue weighted by Gasteiger charge is -2.34. The van der Waals surface area contributed by atoms with Crippen molar-refractivity contribution in [3.8, 4) is 0 Å². The van der Waals surface area contributed by atoms with Crippen molar-refractivity contribution in [3.63, 3.8) is 0 Å². The van der Waals surface area contributed by atoms with Gasteiger partial charge in [0, 0.05) is 18.7 Å². The highest BCUT2D eigenvalue weighted by Crippen LogP contribution is 2.25. The lowest BCUT2D eigenvalue weighted by Crippen LogP contribution is -2.45. The third-order valence-electron chi connectivity index (χ3n) is 4.55. The quantitative estimate of drug-likeness (QED) is 0.787. The van der Waals surface area contributed by atoms with E-state index in [1.807, 2.05) is 0 Å². The van der Waals surface area contributed by atoms with Crippen LogP contribution in [-0.4, -0.2) is 48.8 Å². The molecule has 17 heavy (non-hydrogen) atoms. The molecule has 0 bridgehead atoms. The summed E-state index contributed by atoms with van der Waals surface area (Å²) in [6.07, 6.45) is 8.99. The van der Waals surface area contributed by atoms with Gasteiger partial charge in [-0.1, -0.05) is 12.8 Å². The maximum Gasteiger partial charge on any atom is 0.0474 e. The van der Waals surface area contributed by atoms with E-state index in [1.165, 1.54) is 58.0 Å². The highest BCUT2D eigenvalue weighted by Gasteiger charge is 2.27. The summed E-state index contributed by atoms with van der Waals surface area (Å²) in [6, 6.07) is 1.25. The second-order valence-corrected chi connectivity index (χ2v) is 5.93. The SMILES string of the molecule is CN1CCCC(NC2CCCCC2CO)CC1. The summed E-state index contributed by atoms with van der Waals surface area (Å²) in [7, 11) is 2.22. The fourth-order valence-corrected chi connectivity index (χ4v) is 3.35. The van der Waals surface area contributed by atoms with Crippen molar-refractivity contribution in [1.29, 1.82) is 0 Å². The maximum absolute atomic E-state index is 9.44. The van der Waals surface area contributed by atoms with Gasteiger partial charge in [-0.15, -0.1) is 0 Å². The Bertz CT molecular complexity index is 222. The number of hydrogen-bond acceptors (Lipinski definition) is 3. The van der Waals surface area contributed by atoms with E-state index in [4.69, 9.17) is 0 Å². The van der Waals surface area contributed by atoms with Crippen LogP contribution in [0, 0.1) is 5.92 Å². The minimum absolute atomic E-state index is 0.365. The lowest BCUT2D eigenvalue weighted by atomic mass is 9.84. The Labute approximate surface area is 106 Å². The van der Waals surface area contributed by atoms with E-state index in [1.54, 1.807) is 0 Å². The van der Waals surface area contributed by atoms with Crippen molar-refractivity contribution >= 4 is 0 Å². The standard InChI is InChI=1S/C14H28N2O/c1-16-9-4-6-13(8-10-16)15-14-7-3-2-5-12(14)11-17/h12-15,17H,2-11H2,1H3. The molecule has 2 rings (SSSR count). The van der Waals surface area contributed by atoms with E-state index in [9.17, 15) is 5.11 Å². The van der Waals surface area contributed by atoms with E-state index in [-0.39, 0.29) is 0 Å². The van der Waals surface area contributed by atoms with E-state index >= 15 is 0 Å². The van der Waals surface area contributed by atoms with Gasteiger partial charge in [0.2, 0.25) is 0 Å². The van der Waals surface area contributed by atoms with Crippen LogP contribution in [0.1, 0.15) is 44.9 Å². The zero-order chi connectivity index (χ0) is 12.1. The summed E-state index contributed by atoms with van der Waals surface area (Å²) in [4.78, 5) is 2.44.